The van der Waals surface area contributed by atoms with E-state index in [1.54, 1.807) is 18.2 Å². The summed E-state index contributed by atoms with van der Waals surface area (Å²) in [5.41, 5.74) is 12.4. The Hall–Kier alpha value is -1.75. The molecule has 2 rings (SSSR count). The molecule has 9 heteroatoms. The summed E-state index contributed by atoms with van der Waals surface area (Å²) >= 11 is 0. The van der Waals surface area contributed by atoms with Gasteiger partial charge < -0.3 is 4.90 Å². The van der Waals surface area contributed by atoms with Crippen LogP contribution in [-0.2, 0) is 24.7 Å². The first-order chi connectivity index (χ1) is 14.7. The lowest BCUT2D eigenvalue weighted by molar-refractivity contribution is -0.532. The first kappa shape index (κ1) is 25.5. The molecule has 0 saturated heterocycles. The average Bonchev–Trinajstić information content (AvgIpc) is 2.73. The van der Waals surface area contributed by atoms with Crippen LogP contribution in [0.4, 0.5) is 5.69 Å². The number of nitrogens with two attached hydrogens (primary N) is 2. The van der Waals surface area contributed by atoms with Gasteiger partial charge in [-0.2, -0.15) is 0 Å². The molecule has 174 valence electrons. The van der Waals surface area contributed by atoms with Crippen molar-refractivity contribution in [2.45, 2.75) is 61.9 Å². The van der Waals surface area contributed by atoms with Gasteiger partial charge in [0, 0.05) is 30.6 Å². The lowest BCUT2D eigenvalue weighted by Gasteiger charge is -2.23. The summed E-state index contributed by atoms with van der Waals surface area (Å²) in [4.78, 5) is 11.5. The maximum Gasteiger partial charge on any atom is 0.313 e. The van der Waals surface area contributed by atoms with Crippen LogP contribution in [0.25, 0.3) is 10.8 Å². The van der Waals surface area contributed by atoms with Crippen LogP contribution < -0.4 is 16.4 Å². The monoisotopic (exact) mass is 453 g/mol. The van der Waals surface area contributed by atoms with Crippen molar-refractivity contribution in [3.8, 4) is 0 Å². The molecule has 31 heavy (non-hydrogen) atoms. The molecule has 8 nitrogen and oxygen atoms in total. The van der Waals surface area contributed by atoms with Gasteiger partial charge in [-0.15, -0.1) is 4.89 Å². The van der Waals surface area contributed by atoms with Crippen LogP contribution in [0.2, 0.25) is 0 Å². The third kappa shape index (κ3) is 6.61. The Labute approximate surface area is 185 Å². The Morgan fingerprint density at radius 2 is 1.52 bits per heavy atom. The fraction of sp³-hybridized carbons (Fsp3) is 0.545. The van der Waals surface area contributed by atoms with Crippen LogP contribution in [0.15, 0.2) is 41.3 Å². The number of benzene rings is 2. The van der Waals surface area contributed by atoms with Crippen LogP contribution in [0.1, 0.15) is 51.9 Å². The Morgan fingerprint density at radius 3 is 2.19 bits per heavy atom. The van der Waals surface area contributed by atoms with E-state index in [1.807, 2.05) is 31.1 Å². The molecule has 0 aromatic heterocycles. The quantitative estimate of drug-likeness (QED) is 0.192. The predicted octanol–water partition coefficient (Wildman–Crippen LogP) is 3.84. The molecule has 0 aliphatic carbocycles. The Morgan fingerprint density at radius 1 is 0.903 bits per heavy atom. The largest absolute Gasteiger partial charge is 0.377 e. The molecule has 0 heterocycles. The fourth-order valence-electron chi connectivity index (χ4n) is 3.33. The maximum atomic E-state index is 13.1. The van der Waals surface area contributed by atoms with Gasteiger partial charge in [0.15, 0.2) is 0 Å². The van der Waals surface area contributed by atoms with Crippen molar-refractivity contribution in [2.24, 2.45) is 11.5 Å². The smallest absolute Gasteiger partial charge is 0.313 e. The summed E-state index contributed by atoms with van der Waals surface area (Å²) in [7, 11) is -0.547. The van der Waals surface area contributed by atoms with Gasteiger partial charge in [0.25, 0.3) is 0 Å². The van der Waals surface area contributed by atoms with E-state index in [0.29, 0.717) is 5.39 Å². The molecule has 0 amide bonds. The van der Waals surface area contributed by atoms with Gasteiger partial charge in [-0.25, -0.2) is 13.3 Å². The molecule has 0 fully saturated rings. The molecule has 0 aliphatic rings. The number of anilines is 1. The molecule has 0 saturated carbocycles. The number of unbranched alkanes of at least 4 members (excludes halogenated alkanes) is 6. The minimum atomic E-state index is -4.31. The van der Waals surface area contributed by atoms with Gasteiger partial charge in [-0.05, 0) is 18.6 Å². The van der Waals surface area contributed by atoms with Crippen molar-refractivity contribution in [3.63, 3.8) is 0 Å². The highest BCUT2D eigenvalue weighted by Gasteiger charge is 2.42. The van der Waals surface area contributed by atoms with Crippen LogP contribution in [0, 0.1) is 0 Å². The second-order valence-electron chi connectivity index (χ2n) is 7.84. The van der Waals surface area contributed by atoms with Crippen molar-refractivity contribution in [2.75, 3.05) is 25.6 Å². The van der Waals surface area contributed by atoms with Crippen molar-refractivity contribution in [3.05, 3.63) is 36.4 Å². The number of hydrogen-bond donors (Lipinski definition) is 2. The molecule has 0 unspecified atom stereocenters. The van der Waals surface area contributed by atoms with E-state index in [9.17, 15) is 8.42 Å². The van der Waals surface area contributed by atoms with E-state index < -0.39 is 15.0 Å². The Balaban J connectivity index is 1.98. The van der Waals surface area contributed by atoms with Crippen LogP contribution in [-0.4, -0.2) is 34.3 Å². The number of sulfone groups is 1. The summed E-state index contributed by atoms with van der Waals surface area (Å²) in [5, 5.41) is 3.21. The van der Waals surface area contributed by atoms with Crippen LogP contribution in [0.3, 0.4) is 0 Å². The zero-order valence-electron chi connectivity index (χ0n) is 18.7. The molecular formula is C22H35N3O5S. The highest BCUT2D eigenvalue weighted by molar-refractivity contribution is 7.92. The lowest BCUT2D eigenvalue weighted by atomic mass is 10.1. The average molecular weight is 454 g/mol. The summed E-state index contributed by atoms with van der Waals surface area (Å²) < 4.78 is 26.2. The highest BCUT2D eigenvalue weighted by atomic mass is 32.2. The Kier molecular flexibility index (Phi) is 9.67. The molecule has 4 N–H and O–H groups in total. The fourth-order valence-corrected chi connectivity index (χ4v) is 4.52. The Bertz CT molecular complexity index is 932. The second kappa shape index (κ2) is 11.8. The molecule has 0 atom stereocenters. The third-order valence-electron chi connectivity index (χ3n) is 5.09. The minimum absolute atomic E-state index is 0.0469. The molecular weight excluding hydrogens is 418 g/mol. The SMILES string of the molecule is CCCCCCCCCOOOC(N)(N)S(=O)(=O)c1cccc2c(N(C)C)cccc12. The molecule has 2 aromatic carbocycles. The van der Waals surface area contributed by atoms with Crippen molar-refractivity contribution < 1.29 is 23.2 Å². The summed E-state index contributed by atoms with van der Waals surface area (Å²) in [6, 6.07) is 10.3. The van der Waals surface area contributed by atoms with E-state index in [-0.39, 0.29) is 11.5 Å². The first-order valence-electron chi connectivity index (χ1n) is 10.7. The molecule has 0 aliphatic heterocycles. The topological polar surface area (TPSA) is 117 Å². The van der Waals surface area contributed by atoms with Crippen molar-refractivity contribution in [1.82, 2.24) is 0 Å². The summed E-state index contributed by atoms with van der Waals surface area (Å²) in [5.74, 6) is 0. The third-order valence-corrected chi connectivity index (χ3v) is 6.94. The maximum absolute atomic E-state index is 13.1. The lowest BCUT2D eigenvalue weighted by Crippen LogP contribution is -2.58. The second-order valence-corrected chi connectivity index (χ2v) is 9.93. The predicted molar refractivity (Wildman–Crippen MR) is 123 cm³/mol. The van der Waals surface area contributed by atoms with Crippen molar-refractivity contribution >= 4 is 26.3 Å². The van der Waals surface area contributed by atoms with E-state index in [4.69, 9.17) is 21.2 Å². The minimum Gasteiger partial charge on any atom is -0.377 e. The normalized spacial score (nSPS) is 12.4. The van der Waals surface area contributed by atoms with Gasteiger partial charge in [-0.3, -0.25) is 11.5 Å². The van der Waals surface area contributed by atoms with E-state index in [0.717, 1.165) is 30.3 Å². The first-order valence-corrected chi connectivity index (χ1v) is 12.2. The van der Waals surface area contributed by atoms with Gasteiger partial charge in [0.1, 0.15) is 0 Å². The van der Waals surface area contributed by atoms with Gasteiger partial charge in [0.05, 0.1) is 11.5 Å². The number of rotatable bonds is 14. The van der Waals surface area contributed by atoms with Crippen LogP contribution >= 0.6 is 0 Å². The molecule has 0 spiro atoms. The standard InChI is InChI=1S/C22H35N3O5S/c1-4-5-6-7-8-9-10-17-28-30-29-22(23,24)31(26,27)21-16-12-13-18-19(21)14-11-15-20(18)25(2)3/h11-16H,4-10,17,23-24H2,1-3H3. The highest BCUT2D eigenvalue weighted by Crippen LogP contribution is 2.32. The number of hydrogen-bond acceptors (Lipinski definition) is 8. The van der Waals surface area contributed by atoms with E-state index in [2.05, 4.69) is 12.0 Å². The molecule has 2 aromatic rings. The van der Waals surface area contributed by atoms with Gasteiger partial charge >= 0.3 is 5.18 Å². The zero-order valence-corrected chi connectivity index (χ0v) is 19.5. The van der Waals surface area contributed by atoms with Gasteiger partial charge in [0.2, 0.25) is 9.84 Å². The number of fused-ring (bicyclic) bond motifs is 1. The summed E-state index contributed by atoms with van der Waals surface area (Å²) in [6.07, 6.45) is 7.77. The van der Waals surface area contributed by atoms with Gasteiger partial charge in [-0.1, -0.05) is 74.8 Å². The summed E-state index contributed by atoms with van der Waals surface area (Å²) in [6.45, 7) is 2.44. The van der Waals surface area contributed by atoms with Crippen molar-refractivity contribution in [1.29, 1.82) is 0 Å². The van der Waals surface area contributed by atoms with E-state index >= 15 is 0 Å². The molecule has 0 radical (unpaired) electrons. The molecule has 0 bridgehead atoms. The van der Waals surface area contributed by atoms with E-state index in [1.165, 1.54) is 31.7 Å². The number of nitrogens with zero attached hydrogens (tertiary/aromatic N) is 1. The van der Waals surface area contributed by atoms with Crippen LogP contribution in [0.5, 0.6) is 0 Å². The zero-order chi connectivity index (χ0) is 22.9.